The predicted octanol–water partition coefficient (Wildman–Crippen LogP) is 0.693. The number of aromatic nitrogens is 2. The number of aldehydes is 1. The summed E-state index contributed by atoms with van der Waals surface area (Å²) in [6, 6.07) is 0.328. The summed E-state index contributed by atoms with van der Waals surface area (Å²) in [5, 5.41) is 7.93. The maximum Gasteiger partial charge on any atom is 0.168 e. The van der Waals surface area contributed by atoms with E-state index in [2.05, 4.69) is 10.4 Å². The predicted molar refractivity (Wildman–Crippen MR) is 62.1 cm³/mol. The number of ether oxygens (including phenoxy) is 1. The van der Waals surface area contributed by atoms with Gasteiger partial charge in [-0.15, -0.1) is 0 Å². The van der Waals surface area contributed by atoms with Gasteiger partial charge >= 0.3 is 0 Å². The van der Waals surface area contributed by atoms with Gasteiger partial charge in [0.15, 0.2) is 6.29 Å². The van der Waals surface area contributed by atoms with Crippen molar-refractivity contribution in [2.24, 2.45) is 0 Å². The zero-order chi connectivity index (χ0) is 11.7. The highest BCUT2D eigenvalue weighted by Gasteiger charge is 2.25. The van der Waals surface area contributed by atoms with Crippen LogP contribution in [0.4, 0.5) is 0 Å². The van der Waals surface area contributed by atoms with Crippen LogP contribution < -0.4 is 5.32 Å². The van der Waals surface area contributed by atoms with E-state index in [1.54, 1.807) is 0 Å². The highest BCUT2D eigenvalue weighted by atomic mass is 16.5. The average Bonchev–Trinajstić information content (AvgIpc) is 2.78. The number of carbonyl (C=O) groups excluding carboxylic acids is 1. The van der Waals surface area contributed by atoms with Crippen molar-refractivity contribution in [3.8, 4) is 0 Å². The van der Waals surface area contributed by atoms with E-state index in [4.69, 9.17) is 4.74 Å². The number of rotatable bonds is 2. The van der Waals surface area contributed by atoms with Crippen LogP contribution in [0.3, 0.4) is 0 Å². The van der Waals surface area contributed by atoms with E-state index in [0.717, 1.165) is 68.8 Å². The van der Waals surface area contributed by atoms with Gasteiger partial charge in [0, 0.05) is 38.3 Å². The monoisotopic (exact) mass is 235 g/mol. The van der Waals surface area contributed by atoms with E-state index in [1.165, 1.54) is 0 Å². The molecule has 1 aromatic rings. The topological polar surface area (TPSA) is 56.2 Å². The summed E-state index contributed by atoms with van der Waals surface area (Å²) in [7, 11) is 0. The number of nitrogens with one attached hydrogen (secondary N) is 1. The fraction of sp³-hybridized carbons (Fsp3) is 0.667. The van der Waals surface area contributed by atoms with Gasteiger partial charge in [0.05, 0.1) is 11.7 Å². The molecular formula is C12H17N3O2. The smallest absolute Gasteiger partial charge is 0.168 e. The Balaban J connectivity index is 1.97. The summed E-state index contributed by atoms with van der Waals surface area (Å²) in [6.07, 6.45) is 3.78. The minimum atomic E-state index is 0.328. The van der Waals surface area contributed by atoms with Crippen LogP contribution in [0.15, 0.2) is 0 Å². The second kappa shape index (κ2) is 4.58. The molecule has 0 unspecified atom stereocenters. The molecule has 2 aliphatic heterocycles. The molecule has 0 amide bonds. The van der Waals surface area contributed by atoms with E-state index < -0.39 is 0 Å². The standard InChI is InChI=1S/C12H17N3O2/c16-8-12-10-7-13-4-1-11(10)14-15(12)9-2-5-17-6-3-9/h8-9,13H,1-7H2. The number of nitrogens with zero attached hydrogens (tertiary/aromatic N) is 2. The van der Waals surface area contributed by atoms with Crippen molar-refractivity contribution in [1.82, 2.24) is 15.1 Å². The summed E-state index contributed by atoms with van der Waals surface area (Å²) in [5.74, 6) is 0. The summed E-state index contributed by atoms with van der Waals surface area (Å²) < 4.78 is 7.29. The van der Waals surface area contributed by atoms with Crippen molar-refractivity contribution in [2.75, 3.05) is 19.8 Å². The average molecular weight is 235 g/mol. The van der Waals surface area contributed by atoms with Crippen LogP contribution in [0, 0.1) is 0 Å². The fourth-order valence-corrected chi connectivity index (χ4v) is 2.68. The third kappa shape index (κ3) is 1.89. The molecule has 5 heteroatoms. The minimum absolute atomic E-state index is 0.328. The van der Waals surface area contributed by atoms with E-state index in [0.29, 0.717) is 6.04 Å². The molecule has 0 aromatic carbocycles. The van der Waals surface area contributed by atoms with Crippen molar-refractivity contribution in [3.05, 3.63) is 17.0 Å². The lowest BCUT2D eigenvalue weighted by Crippen LogP contribution is -2.23. The second-order valence-electron chi connectivity index (χ2n) is 4.64. The molecule has 0 radical (unpaired) electrons. The zero-order valence-corrected chi connectivity index (χ0v) is 9.82. The van der Waals surface area contributed by atoms with Crippen molar-refractivity contribution in [3.63, 3.8) is 0 Å². The Morgan fingerprint density at radius 2 is 2.24 bits per heavy atom. The fourth-order valence-electron chi connectivity index (χ4n) is 2.68. The molecule has 2 aliphatic rings. The molecule has 0 spiro atoms. The van der Waals surface area contributed by atoms with Crippen molar-refractivity contribution >= 4 is 6.29 Å². The lowest BCUT2D eigenvalue weighted by Gasteiger charge is -2.23. The van der Waals surface area contributed by atoms with Crippen LogP contribution in [0.5, 0.6) is 0 Å². The van der Waals surface area contributed by atoms with E-state index >= 15 is 0 Å². The minimum Gasteiger partial charge on any atom is -0.381 e. The van der Waals surface area contributed by atoms with Crippen LogP contribution in [-0.2, 0) is 17.7 Å². The van der Waals surface area contributed by atoms with Crippen LogP contribution in [0.25, 0.3) is 0 Å². The van der Waals surface area contributed by atoms with Crippen LogP contribution in [-0.4, -0.2) is 35.8 Å². The van der Waals surface area contributed by atoms with Crippen molar-refractivity contribution in [1.29, 1.82) is 0 Å². The molecule has 3 rings (SSSR count). The number of hydrogen-bond donors (Lipinski definition) is 1. The highest BCUT2D eigenvalue weighted by molar-refractivity contribution is 5.75. The number of hydrogen-bond acceptors (Lipinski definition) is 4. The second-order valence-corrected chi connectivity index (χ2v) is 4.64. The lowest BCUT2D eigenvalue weighted by atomic mass is 10.1. The van der Waals surface area contributed by atoms with Gasteiger partial charge in [-0.1, -0.05) is 0 Å². The molecule has 17 heavy (non-hydrogen) atoms. The summed E-state index contributed by atoms with van der Waals surface area (Å²) >= 11 is 0. The molecular weight excluding hydrogens is 218 g/mol. The Morgan fingerprint density at radius 1 is 1.41 bits per heavy atom. The highest BCUT2D eigenvalue weighted by Crippen LogP contribution is 2.25. The van der Waals surface area contributed by atoms with Gasteiger partial charge in [-0.05, 0) is 12.8 Å². The Kier molecular flexibility index (Phi) is 2.94. The molecule has 0 atom stereocenters. The first kappa shape index (κ1) is 10.9. The largest absolute Gasteiger partial charge is 0.381 e. The Labute approximate surface area is 100 Å². The molecule has 0 aliphatic carbocycles. The van der Waals surface area contributed by atoms with Gasteiger partial charge in [-0.25, -0.2) is 0 Å². The number of carbonyl (C=O) groups is 1. The van der Waals surface area contributed by atoms with Gasteiger partial charge in [-0.2, -0.15) is 5.10 Å². The van der Waals surface area contributed by atoms with Gasteiger partial charge in [0.1, 0.15) is 5.69 Å². The first-order chi connectivity index (χ1) is 8.40. The summed E-state index contributed by atoms with van der Waals surface area (Å²) in [6.45, 7) is 3.26. The Bertz CT molecular complexity index is 422. The maximum atomic E-state index is 11.3. The van der Waals surface area contributed by atoms with Crippen LogP contribution in [0.1, 0.15) is 40.6 Å². The molecule has 1 fully saturated rings. The van der Waals surface area contributed by atoms with Gasteiger partial charge in [0.2, 0.25) is 0 Å². The molecule has 1 N–H and O–H groups in total. The molecule has 92 valence electrons. The van der Waals surface area contributed by atoms with E-state index in [9.17, 15) is 4.79 Å². The molecule has 5 nitrogen and oxygen atoms in total. The molecule has 3 heterocycles. The first-order valence-corrected chi connectivity index (χ1v) is 6.24. The Hall–Kier alpha value is -1.20. The molecule has 0 bridgehead atoms. The van der Waals surface area contributed by atoms with Crippen molar-refractivity contribution in [2.45, 2.75) is 31.8 Å². The third-order valence-corrected chi connectivity index (χ3v) is 3.62. The SMILES string of the molecule is O=Cc1c2c(nn1C1CCOCC1)CCNC2. The zero-order valence-electron chi connectivity index (χ0n) is 9.82. The first-order valence-electron chi connectivity index (χ1n) is 6.24. The Morgan fingerprint density at radius 3 is 3.00 bits per heavy atom. The maximum absolute atomic E-state index is 11.3. The molecule has 1 aromatic heterocycles. The van der Waals surface area contributed by atoms with Gasteiger partial charge < -0.3 is 10.1 Å². The van der Waals surface area contributed by atoms with E-state index in [-0.39, 0.29) is 0 Å². The van der Waals surface area contributed by atoms with Crippen LogP contribution >= 0.6 is 0 Å². The lowest BCUT2D eigenvalue weighted by molar-refractivity contribution is 0.0650. The van der Waals surface area contributed by atoms with Crippen LogP contribution in [0.2, 0.25) is 0 Å². The number of fused-ring (bicyclic) bond motifs is 1. The van der Waals surface area contributed by atoms with Crippen molar-refractivity contribution < 1.29 is 9.53 Å². The van der Waals surface area contributed by atoms with Gasteiger partial charge in [-0.3, -0.25) is 9.48 Å². The quantitative estimate of drug-likeness (QED) is 0.766. The molecule has 1 saturated heterocycles. The summed E-state index contributed by atoms with van der Waals surface area (Å²) in [5.41, 5.74) is 2.95. The third-order valence-electron chi connectivity index (χ3n) is 3.62. The van der Waals surface area contributed by atoms with Gasteiger partial charge in [0.25, 0.3) is 0 Å². The molecule has 0 saturated carbocycles. The normalized spacial score (nSPS) is 21.2. The summed E-state index contributed by atoms with van der Waals surface area (Å²) in [4.78, 5) is 11.3. The van der Waals surface area contributed by atoms with E-state index in [1.807, 2.05) is 4.68 Å².